The van der Waals surface area contributed by atoms with Crippen LogP contribution in [-0.2, 0) is 4.79 Å². The summed E-state index contributed by atoms with van der Waals surface area (Å²) in [6.07, 6.45) is 1.70. The monoisotopic (exact) mass is 138 g/mol. The molecule has 0 aliphatic carbocycles. The smallest absolute Gasteiger partial charge is 0.249 e. The molecule has 3 heteroatoms. The number of hydrogen-bond acceptors (Lipinski definition) is 2. The normalized spacial score (nSPS) is 18.8. The van der Waals surface area contributed by atoms with Crippen molar-refractivity contribution in [2.75, 3.05) is 6.54 Å². The molecular formula is C7H10N2O. The van der Waals surface area contributed by atoms with Crippen LogP contribution in [0.2, 0.25) is 0 Å². The average molecular weight is 138 g/mol. The molecule has 0 aromatic heterocycles. The number of amides is 1. The second-order valence-corrected chi connectivity index (χ2v) is 2.23. The van der Waals surface area contributed by atoms with E-state index < -0.39 is 0 Å². The average Bonchev–Trinajstić information content (AvgIpc) is 2.04. The maximum atomic E-state index is 11.0. The molecule has 0 unspecified atom stereocenters. The van der Waals surface area contributed by atoms with Crippen molar-refractivity contribution in [3.05, 3.63) is 11.3 Å². The number of carbonyl (C=O) groups excluding carboxylic acids is 1. The summed E-state index contributed by atoms with van der Waals surface area (Å²) in [6.45, 7) is 4.14. The molecule has 0 radical (unpaired) electrons. The van der Waals surface area contributed by atoms with E-state index in [-0.39, 0.29) is 5.91 Å². The number of carbonyl (C=O) groups is 1. The molecule has 0 bridgehead atoms. The van der Waals surface area contributed by atoms with Crippen molar-refractivity contribution in [2.45, 2.75) is 13.8 Å². The quantitative estimate of drug-likeness (QED) is 0.519. The van der Waals surface area contributed by atoms with Crippen LogP contribution in [0.25, 0.3) is 0 Å². The molecule has 0 aromatic rings. The van der Waals surface area contributed by atoms with Gasteiger partial charge in [-0.1, -0.05) is 0 Å². The van der Waals surface area contributed by atoms with Gasteiger partial charge in [0, 0.05) is 17.5 Å². The van der Waals surface area contributed by atoms with Crippen LogP contribution in [0.15, 0.2) is 16.3 Å². The van der Waals surface area contributed by atoms with Crippen molar-refractivity contribution in [3.8, 4) is 0 Å². The van der Waals surface area contributed by atoms with Crippen LogP contribution in [0.3, 0.4) is 0 Å². The summed E-state index contributed by atoms with van der Waals surface area (Å²) in [4.78, 5) is 15.0. The van der Waals surface area contributed by atoms with Gasteiger partial charge < -0.3 is 5.32 Å². The zero-order valence-corrected chi connectivity index (χ0v) is 6.14. The Labute approximate surface area is 59.8 Å². The number of allylic oxidation sites excluding steroid dienone is 1. The minimum Gasteiger partial charge on any atom is -0.347 e. The maximum Gasteiger partial charge on any atom is 0.249 e. The molecule has 1 rings (SSSR count). The zero-order valence-electron chi connectivity index (χ0n) is 6.14. The fourth-order valence-corrected chi connectivity index (χ4v) is 0.715. The molecule has 0 spiro atoms. The summed E-state index contributed by atoms with van der Waals surface area (Å²) in [5.41, 5.74) is 1.50. The summed E-state index contributed by atoms with van der Waals surface area (Å²) >= 11 is 0. The molecule has 1 aliphatic rings. The Hall–Kier alpha value is -1.12. The third-order valence-electron chi connectivity index (χ3n) is 1.52. The third kappa shape index (κ3) is 1.23. The first-order chi connectivity index (χ1) is 4.72. The fourth-order valence-electron chi connectivity index (χ4n) is 0.715. The predicted molar refractivity (Wildman–Crippen MR) is 39.9 cm³/mol. The fraction of sp³-hybridized carbons (Fsp3) is 0.429. The topological polar surface area (TPSA) is 41.5 Å². The molecule has 1 aliphatic heterocycles. The van der Waals surface area contributed by atoms with E-state index in [1.807, 2.05) is 6.92 Å². The van der Waals surface area contributed by atoms with E-state index in [4.69, 9.17) is 0 Å². The first-order valence-corrected chi connectivity index (χ1v) is 3.20. The van der Waals surface area contributed by atoms with Gasteiger partial charge in [0.2, 0.25) is 5.91 Å². The summed E-state index contributed by atoms with van der Waals surface area (Å²) in [5.74, 6) is -0.0185. The highest BCUT2D eigenvalue weighted by Crippen LogP contribution is 2.05. The first-order valence-electron chi connectivity index (χ1n) is 3.20. The number of rotatable bonds is 0. The predicted octanol–water partition coefficient (Wildman–Crippen LogP) is 0.481. The summed E-state index contributed by atoms with van der Waals surface area (Å²) in [6, 6.07) is 0. The summed E-state index contributed by atoms with van der Waals surface area (Å²) < 4.78 is 0. The molecule has 1 N–H and O–H groups in total. The molecule has 0 aromatic carbocycles. The Morgan fingerprint density at radius 3 is 3.00 bits per heavy atom. The Morgan fingerprint density at radius 2 is 2.30 bits per heavy atom. The highest BCUT2D eigenvalue weighted by molar-refractivity contribution is 5.95. The van der Waals surface area contributed by atoms with Gasteiger partial charge in [-0.3, -0.25) is 9.79 Å². The van der Waals surface area contributed by atoms with E-state index in [1.54, 1.807) is 13.1 Å². The SMILES string of the molecule is CC1=C(C)C(=O)NCC=N1. The van der Waals surface area contributed by atoms with Crippen molar-refractivity contribution >= 4 is 12.1 Å². The van der Waals surface area contributed by atoms with Gasteiger partial charge in [0.05, 0.1) is 6.54 Å². The number of nitrogens with one attached hydrogen (secondary N) is 1. The number of aliphatic imine (C=N–C) groups is 1. The molecule has 0 saturated carbocycles. The lowest BCUT2D eigenvalue weighted by Gasteiger charge is -1.98. The van der Waals surface area contributed by atoms with Gasteiger partial charge in [0.15, 0.2) is 0 Å². The molecule has 54 valence electrons. The van der Waals surface area contributed by atoms with Gasteiger partial charge in [0.25, 0.3) is 0 Å². The van der Waals surface area contributed by atoms with E-state index in [0.717, 1.165) is 5.70 Å². The Kier molecular flexibility index (Phi) is 1.85. The largest absolute Gasteiger partial charge is 0.347 e. The summed E-state index contributed by atoms with van der Waals surface area (Å²) in [7, 11) is 0. The lowest BCUT2D eigenvalue weighted by Crippen LogP contribution is -2.24. The lowest BCUT2D eigenvalue weighted by molar-refractivity contribution is -0.117. The zero-order chi connectivity index (χ0) is 7.56. The van der Waals surface area contributed by atoms with Gasteiger partial charge in [-0.15, -0.1) is 0 Å². The summed E-state index contributed by atoms with van der Waals surface area (Å²) in [5, 5.41) is 2.68. The second-order valence-electron chi connectivity index (χ2n) is 2.23. The third-order valence-corrected chi connectivity index (χ3v) is 1.52. The first kappa shape index (κ1) is 6.99. The van der Waals surface area contributed by atoms with Gasteiger partial charge in [-0.25, -0.2) is 0 Å². The van der Waals surface area contributed by atoms with Crippen LogP contribution in [0.4, 0.5) is 0 Å². The second kappa shape index (κ2) is 2.64. The van der Waals surface area contributed by atoms with Crippen LogP contribution >= 0.6 is 0 Å². The van der Waals surface area contributed by atoms with Crippen molar-refractivity contribution in [1.82, 2.24) is 5.32 Å². The van der Waals surface area contributed by atoms with E-state index in [9.17, 15) is 4.79 Å². The van der Waals surface area contributed by atoms with Gasteiger partial charge >= 0.3 is 0 Å². The molecule has 0 saturated heterocycles. The minimum absolute atomic E-state index is 0.0185. The van der Waals surface area contributed by atoms with E-state index in [0.29, 0.717) is 12.1 Å². The Morgan fingerprint density at radius 1 is 1.60 bits per heavy atom. The number of hydrogen-bond donors (Lipinski definition) is 1. The van der Waals surface area contributed by atoms with Crippen LogP contribution in [0, 0.1) is 0 Å². The molecule has 0 atom stereocenters. The Bertz CT molecular complexity index is 216. The van der Waals surface area contributed by atoms with E-state index in [2.05, 4.69) is 10.3 Å². The standard InChI is InChI=1S/C7H10N2O/c1-5-6(2)8-3-4-9-7(5)10/h3H,4H2,1-2H3,(H,9,10). The van der Waals surface area contributed by atoms with Crippen LogP contribution in [-0.4, -0.2) is 18.7 Å². The highest BCUT2D eigenvalue weighted by atomic mass is 16.1. The van der Waals surface area contributed by atoms with E-state index >= 15 is 0 Å². The molecule has 3 nitrogen and oxygen atoms in total. The van der Waals surface area contributed by atoms with Crippen LogP contribution in [0.1, 0.15) is 13.8 Å². The van der Waals surface area contributed by atoms with Gasteiger partial charge in [0.1, 0.15) is 0 Å². The molecule has 1 heterocycles. The Balaban J connectivity index is 2.93. The molecular weight excluding hydrogens is 128 g/mol. The maximum absolute atomic E-state index is 11.0. The van der Waals surface area contributed by atoms with Crippen molar-refractivity contribution in [2.24, 2.45) is 4.99 Å². The lowest BCUT2D eigenvalue weighted by atomic mass is 10.2. The number of nitrogens with zero attached hydrogens (tertiary/aromatic N) is 1. The van der Waals surface area contributed by atoms with Crippen molar-refractivity contribution in [3.63, 3.8) is 0 Å². The van der Waals surface area contributed by atoms with E-state index in [1.165, 1.54) is 0 Å². The van der Waals surface area contributed by atoms with Crippen molar-refractivity contribution < 1.29 is 4.79 Å². The van der Waals surface area contributed by atoms with Gasteiger partial charge in [-0.2, -0.15) is 0 Å². The van der Waals surface area contributed by atoms with Gasteiger partial charge in [-0.05, 0) is 13.8 Å². The molecule has 1 amide bonds. The van der Waals surface area contributed by atoms with Crippen LogP contribution in [0.5, 0.6) is 0 Å². The molecule has 10 heavy (non-hydrogen) atoms. The van der Waals surface area contributed by atoms with Crippen molar-refractivity contribution in [1.29, 1.82) is 0 Å². The highest BCUT2D eigenvalue weighted by Gasteiger charge is 2.07. The van der Waals surface area contributed by atoms with Crippen LogP contribution < -0.4 is 5.32 Å². The molecule has 0 fully saturated rings. The minimum atomic E-state index is -0.0185.